The van der Waals surface area contributed by atoms with Crippen LogP contribution in [0.3, 0.4) is 0 Å². The number of hydrogen-bond acceptors (Lipinski definition) is 3. The highest BCUT2D eigenvalue weighted by Crippen LogP contribution is 2.23. The van der Waals surface area contributed by atoms with Crippen LogP contribution >= 0.6 is 0 Å². The summed E-state index contributed by atoms with van der Waals surface area (Å²) in [5, 5.41) is 1.01. The lowest BCUT2D eigenvalue weighted by atomic mass is 10.2. The van der Waals surface area contributed by atoms with E-state index < -0.39 is 0 Å². The number of rotatable bonds is 3. The molecule has 0 aliphatic carbocycles. The molecular weight excluding hydrogens is 248 g/mol. The first-order valence-corrected chi connectivity index (χ1v) is 6.67. The van der Waals surface area contributed by atoms with Gasteiger partial charge in [-0.05, 0) is 48.4 Å². The predicted octanol–water partition coefficient (Wildman–Crippen LogP) is 4.17. The summed E-state index contributed by atoms with van der Waals surface area (Å²) in [6.45, 7) is 2.13. The lowest BCUT2D eigenvalue weighted by molar-refractivity contribution is 0.465. The molecule has 0 fully saturated rings. The number of nitrogens with zero attached hydrogens (tertiary/aromatic N) is 1. The molecule has 0 saturated heterocycles. The van der Waals surface area contributed by atoms with Crippen LogP contribution in [0.25, 0.3) is 10.9 Å². The SMILES string of the molecule is CCc1ccc(Oc2ccc3cc(N)ccc3n2)cc1. The molecule has 0 saturated carbocycles. The topological polar surface area (TPSA) is 48.1 Å². The van der Waals surface area contributed by atoms with E-state index in [1.165, 1.54) is 5.56 Å². The monoisotopic (exact) mass is 264 g/mol. The Kier molecular flexibility index (Phi) is 3.25. The Hall–Kier alpha value is -2.55. The van der Waals surface area contributed by atoms with Gasteiger partial charge in [-0.1, -0.05) is 19.1 Å². The van der Waals surface area contributed by atoms with Gasteiger partial charge >= 0.3 is 0 Å². The Morgan fingerprint density at radius 2 is 1.80 bits per heavy atom. The molecule has 1 heterocycles. The van der Waals surface area contributed by atoms with Crippen LogP contribution in [0.15, 0.2) is 54.6 Å². The van der Waals surface area contributed by atoms with E-state index in [1.807, 2.05) is 42.5 Å². The van der Waals surface area contributed by atoms with Gasteiger partial charge in [-0.15, -0.1) is 0 Å². The predicted molar refractivity (Wildman–Crippen MR) is 82.0 cm³/mol. The fraction of sp³-hybridized carbons (Fsp3) is 0.118. The van der Waals surface area contributed by atoms with Gasteiger partial charge in [0.05, 0.1) is 5.52 Å². The summed E-state index contributed by atoms with van der Waals surface area (Å²) in [7, 11) is 0. The number of nitrogens with two attached hydrogens (primary N) is 1. The molecule has 3 heteroatoms. The first-order chi connectivity index (χ1) is 9.74. The highest BCUT2D eigenvalue weighted by molar-refractivity contribution is 5.82. The van der Waals surface area contributed by atoms with Crippen molar-refractivity contribution in [1.29, 1.82) is 0 Å². The third kappa shape index (κ3) is 2.57. The first kappa shape index (κ1) is 12.5. The molecule has 0 atom stereocenters. The van der Waals surface area contributed by atoms with Gasteiger partial charge in [-0.25, -0.2) is 4.98 Å². The van der Waals surface area contributed by atoms with Crippen LogP contribution in [-0.2, 0) is 6.42 Å². The summed E-state index contributed by atoms with van der Waals surface area (Å²) >= 11 is 0. The van der Waals surface area contributed by atoms with Crippen molar-refractivity contribution >= 4 is 16.6 Å². The van der Waals surface area contributed by atoms with E-state index in [4.69, 9.17) is 10.5 Å². The van der Waals surface area contributed by atoms with Crippen LogP contribution in [-0.4, -0.2) is 4.98 Å². The van der Waals surface area contributed by atoms with E-state index in [-0.39, 0.29) is 0 Å². The third-order valence-corrected chi connectivity index (χ3v) is 3.24. The van der Waals surface area contributed by atoms with E-state index in [9.17, 15) is 0 Å². The molecule has 0 aliphatic heterocycles. The molecule has 0 bridgehead atoms. The van der Waals surface area contributed by atoms with Crippen LogP contribution in [0.5, 0.6) is 11.6 Å². The minimum Gasteiger partial charge on any atom is -0.439 e. The molecule has 0 spiro atoms. The molecule has 0 radical (unpaired) electrons. The second kappa shape index (κ2) is 5.21. The van der Waals surface area contributed by atoms with E-state index in [2.05, 4.69) is 24.0 Å². The highest BCUT2D eigenvalue weighted by atomic mass is 16.5. The summed E-state index contributed by atoms with van der Waals surface area (Å²) in [6, 6.07) is 17.5. The lowest BCUT2D eigenvalue weighted by Gasteiger charge is -2.07. The average molecular weight is 264 g/mol. The lowest BCUT2D eigenvalue weighted by Crippen LogP contribution is -1.90. The Balaban J connectivity index is 1.88. The number of nitrogen functional groups attached to an aromatic ring is 1. The molecule has 0 aliphatic rings. The second-order valence-electron chi connectivity index (χ2n) is 4.70. The molecular formula is C17H16N2O. The average Bonchev–Trinajstić information content (AvgIpc) is 2.48. The first-order valence-electron chi connectivity index (χ1n) is 6.67. The molecule has 0 unspecified atom stereocenters. The molecule has 1 aromatic heterocycles. The Morgan fingerprint density at radius 1 is 1.00 bits per heavy atom. The number of benzene rings is 2. The van der Waals surface area contributed by atoms with Crippen LogP contribution in [0.2, 0.25) is 0 Å². The van der Waals surface area contributed by atoms with Gasteiger partial charge < -0.3 is 10.5 Å². The molecule has 2 N–H and O–H groups in total. The maximum absolute atomic E-state index is 5.77. The van der Waals surface area contributed by atoms with Crippen molar-refractivity contribution in [2.75, 3.05) is 5.73 Å². The van der Waals surface area contributed by atoms with Gasteiger partial charge in [0.15, 0.2) is 0 Å². The van der Waals surface area contributed by atoms with Crippen LogP contribution in [0, 0.1) is 0 Å². The normalized spacial score (nSPS) is 10.7. The van der Waals surface area contributed by atoms with E-state index in [1.54, 1.807) is 0 Å². The number of hydrogen-bond donors (Lipinski definition) is 1. The zero-order chi connectivity index (χ0) is 13.9. The molecule has 3 aromatic rings. The van der Waals surface area contributed by atoms with Crippen molar-refractivity contribution in [3.63, 3.8) is 0 Å². The van der Waals surface area contributed by atoms with Gasteiger partial charge in [0.2, 0.25) is 5.88 Å². The minimum absolute atomic E-state index is 0.589. The maximum Gasteiger partial charge on any atom is 0.219 e. The minimum atomic E-state index is 0.589. The number of anilines is 1. The van der Waals surface area contributed by atoms with Gasteiger partial charge in [0, 0.05) is 17.1 Å². The summed E-state index contributed by atoms with van der Waals surface area (Å²) in [4.78, 5) is 4.48. The largest absolute Gasteiger partial charge is 0.439 e. The second-order valence-corrected chi connectivity index (χ2v) is 4.70. The summed E-state index contributed by atoms with van der Waals surface area (Å²) in [6.07, 6.45) is 1.02. The molecule has 20 heavy (non-hydrogen) atoms. The number of ether oxygens (including phenoxy) is 1. The Bertz CT molecular complexity index is 736. The third-order valence-electron chi connectivity index (χ3n) is 3.24. The molecule has 2 aromatic carbocycles. The van der Waals surface area contributed by atoms with Crippen molar-refractivity contribution in [2.24, 2.45) is 0 Å². The van der Waals surface area contributed by atoms with Crippen molar-refractivity contribution in [1.82, 2.24) is 4.98 Å². The Labute approximate surface area is 118 Å². The van der Waals surface area contributed by atoms with Gasteiger partial charge in [-0.2, -0.15) is 0 Å². The van der Waals surface area contributed by atoms with Crippen molar-refractivity contribution < 1.29 is 4.74 Å². The zero-order valence-electron chi connectivity index (χ0n) is 11.3. The molecule has 0 amide bonds. The number of fused-ring (bicyclic) bond motifs is 1. The summed E-state index contributed by atoms with van der Waals surface area (Å²) < 4.78 is 5.77. The van der Waals surface area contributed by atoms with Crippen LogP contribution < -0.4 is 10.5 Å². The van der Waals surface area contributed by atoms with Crippen molar-refractivity contribution in [2.45, 2.75) is 13.3 Å². The highest BCUT2D eigenvalue weighted by Gasteiger charge is 2.02. The van der Waals surface area contributed by atoms with Gasteiger partial charge in [-0.3, -0.25) is 0 Å². The fourth-order valence-electron chi connectivity index (χ4n) is 2.10. The van der Waals surface area contributed by atoms with E-state index >= 15 is 0 Å². The van der Waals surface area contributed by atoms with E-state index in [0.717, 1.165) is 28.8 Å². The number of aryl methyl sites for hydroxylation is 1. The molecule has 3 rings (SSSR count). The number of aromatic nitrogens is 1. The van der Waals surface area contributed by atoms with Crippen LogP contribution in [0.1, 0.15) is 12.5 Å². The van der Waals surface area contributed by atoms with Gasteiger partial charge in [0.25, 0.3) is 0 Å². The Morgan fingerprint density at radius 3 is 2.55 bits per heavy atom. The summed E-state index contributed by atoms with van der Waals surface area (Å²) in [5.41, 5.74) is 8.66. The number of pyridine rings is 1. The maximum atomic E-state index is 5.77. The quantitative estimate of drug-likeness (QED) is 0.722. The summed E-state index contributed by atoms with van der Waals surface area (Å²) in [5.74, 6) is 1.39. The van der Waals surface area contributed by atoms with Crippen LogP contribution in [0.4, 0.5) is 5.69 Å². The van der Waals surface area contributed by atoms with E-state index in [0.29, 0.717) is 5.88 Å². The standard InChI is InChI=1S/C17H16N2O/c1-2-12-3-7-15(8-4-12)20-17-10-5-13-11-14(18)6-9-16(13)19-17/h3-11H,2,18H2,1H3. The van der Waals surface area contributed by atoms with Gasteiger partial charge in [0.1, 0.15) is 5.75 Å². The zero-order valence-corrected chi connectivity index (χ0v) is 11.3. The molecule has 100 valence electrons. The fourth-order valence-corrected chi connectivity index (χ4v) is 2.10. The smallest absolute Gasteiger partial charge is 0.219 e. The molecule has 3 nitrogen and oxygen atoms in total. The van der Waals surface area contributed by atoms with Crippen molar-refractivity contribution in [3.05, 3.63) is 60.2 Å². The van der Waals surface area contributed by atoms with Crippen molar-refractivity contribution in [3.8, 4) is 11.6 Å².